The Morgan fingerprint density at radius 3 is 2.22 bits per heavy atom. The Balaban J connectivity index is 1.38. The minimum atomic E-state index is -0.118. The van der Waals surface area contributed by atoms with Gasteiger partial charge in [-0.1, -0.05) is 35.3 Å². The minimum absolute atomic E-state index is 0.118. The maximum absolute atomic E-state index is 12.3. The average Bonchev–Trinajstić information content (AvgIpc) is 2.65. The number of fused-ring (bicyclic) bond motifs is 1. The molecule has 0 unspecified atom stereocenters. The van der Waals surface area contributed by atoms with Gasteiger partial charge >= 0.3 is 0 Å². The highest BCUT2D eigenvalue weighted by molar-refractivity contribution is 6.31. The highest BCUT2D eigenvalue weighted by atomic mass is 35.5. The van der Waals surface area contributed by atoms with Crippen molar-refractivity contribution in [1.82, 2.24) is 19.8 Å². The van der Waals surface area contributed by atoms with Crippen LogP contribution in [0, 0.1) is 0 Å². The van der Waals surface area contributed by atoms with Crippen molar-refractivity contribution in [2.75, 3.05) is 26.2 Å². The third kappa shape index (κ3) is 4.50. The van der Waals surface area contributed by atoms with E-state index in [1.54, 1.807) is 18.2 Å². The van der Waals surface area contributed by atoms with Crippen LogP contribution in [0.1, 0.15) is 11.4 Å². The Bertz CT molecular complexity index is 995. The van der Waals surface area contributed by atoms with Crippen LogP contribution < -0.4 is 5.56 Å². The van der Waals surface area contributed by atoms with Crippen LogP contribution in [0.2, 0.25) is 10.0 Å². The summed E-state index contributed by atoms with van der Waals surface area (Å²) in [5.74, 6) is 0.681. The summed E-state index contributed by atoms with van der Waals surface area (Å²) in [7, 11) is 0. The van der Waals surface area contributed by atoms with E-state index in [4.69, 9.17) is 23.2 Å². The summed E-state index contributed by atoms with van der Waals surface area (Å²) in [5.41, 5.74) is 1.79. The third-order valence-electron chi connectivity index (χ3n) is 4.88. The first-order valence-electron chi connectivity index (χ1n) is 8.94. The lowest BCUT2D eigenvalue weighted by molar-refractivity contribution is 0.120. The molecule has 0 radical (unpaired) electrons. The summed E-state index contributed by atoms with van der Waals surface area (Å²) in [6.45, 7) is 5.38. The fourth-order valence-corrected chi connectivity index (χ4v) is 3.69. The molecule has 1 fully saturated rings. The molecule has 4 rings (SSSR count). The number of rotatable bonds is 4. The monoisotopic (exact) mass is 402 g/mol. The van der Waals surface area contributed by atoms with Gasteiger partial charge in [-0.05, 0) is 35.9 Å². The summed E-state index contributed by atoms with van der Waals surface area (Å²) in [6.07, 6.45) is 0. The van der Waals surface area contributed by atoms with Gasteiger partial charge in [-0.25, -0.2) is 4.98 Å². The van der Waals surface area contributed by atoms with Gasteiger partial charge in [-0.15, -0.1) is 0 Å². The predicted octanol–water partition coefficient (Wildman–Crippen LogP) is 3.55. The van der Waals surface area contributed by atoms with Crippen molar-refractivity contribution in [2.45, 2.75) is 13.1 Å². The SMILES string of the molecule is O=c1[nH]c(CN2CCN(Cc3ccc(Cl)cc3)CC2)nc2cc(Cl)ccc12. The largest absolute Gasteiger partial charge is 0.309 e. The molecule has 0 bridgehead atoms. The third-order valence-corrected chi connectivity index (χ3v) is 5.36. The molecule has 2 heterocycles. The molecule has 27 heavy (non-hydrogen) atoms. The number of aromatic nitrogens is 2. The second-order valence-electron chi connectivity index (χ2n) is 6.85. The van der Waals surface area contributed by atoms with Crippen LogP contribution in [0.5, 0.6) is 0 Å². The topological polar surface area (TPSA) is 52.2 Å². The van der Waals surface area contributed by atoms with Crippen LogP contribution in [-0.2, 0) is 13.1 Å². The van der Waals surface area contributed by atoms with Crippen LogP contribution in [0.25, 0.3) is 10.9 Å². The summed E-state index contributed by atoms with van der Waals surface area (Å²) in [4.78, 5) is 24.5. The molecule has 2 aromatic carbocycles. The summed E-state index contributed by atoms with van der Waals surface area (Å²) >= 11 is 12.0. The zero-order chi connectivity index (χ0) is 18.8. The maximum atomic E-state index is 12.3. The highest BCUT2D eigenvalue weighted by Crippen LogP contribution is 2.16. The van der Waals surface area contributed by atoms with E-state index in [1.165, 1.54) is 5.56 Å². The molecule has 3 aromatic rings. The number of hydrogen-bond donors (Lipinski definition) is 1. The minimum Gasteiger partial charge on any atom is -0.309 e. The first-order chi connectivity index (χ1) is 13.1. The van der Waals surface area contributed by atoms with E-state index in [1.807, 2.05) is 12.1 Å². The highest BCUT2D eigenvalue weighted by Gasteiger charge is 2.18. The number of H-pyrrole nitrogens is 1. The van der Waals surface area contributed by atoms with Crippen molar-refractivity contribution in [1.29, 1.82) is 0 Å². The van der Waals surface area contributed by atoms with Gasteiger partial charge in [-0.3, -0.25) is 14.6 Å². The lowest BCUT2D eigenvalue weighted by atomic mass is 10.2. The van der Waals surface area contributed by atoms with E-state index in [2.05, 4.69) is 31.9 Å². The molecule has 1 N–H and O–H groups in total. The number of halogens is 2. The number of nitrogens with zero attached hydrogens (tertiary/aromatic N) is 3. The molecule has 140 valence electrons. The van der Waals surface area contributed by atoms with E-state index < -0.39 is 0 Å². The number of nitrogens with one attached hydrogen (secondary N) is 1. The van der Waals surface area contributed by atoms with Crippen LogP contribution in [0.15, 0.2) is 47.3 Å². The standard InChI is InChI=1S/C20H20Cl2N4O/c21-15-3-1-14(2-4-15)12-25-7-9-26(10-8-25)13-19-23-18-11-16(22)5-6-17(18)20(27)24-19/h1-6,11H,7-10,12-13H2,(H,23,24,27). The smallest absolute Gasteiger partial charge is 0.258 e. The maximum Gasteiger partial charge on any atom is 0.258 e. The van der Waals surface area contributed by atoms with Gasteiger partial charge in [-0.2, -0.15) is 0 Å². The van der Waals surface area contributed by atoms with Gasteiger partial charge in [0.25, 0.3) is 5.56 Å². The molecular formula is C20H20Cl2N4O. The van der Waals surface area contributed by atoms with Crippen molar-refractivity contribution in [3.05, 3.63) is 74.3 Å². The summed E-state index contributed by atoms with van der Waals surface area (Å²) < 4.78 is 0. The molecule has 0 atom stereocenters. The van der Waals surface area contributed by atoms with Gasteiger partial charge in [0.05, 0.1) is 17.4 Å². The van der Waals surface area contributed by atoms with E-state index in [9.17, 15) is 4.79 Å². The molecule has 1 aliphatic rings. The van der Waals surface area contributed by atoms with E-state index in [0.29, 0.717) is 28.3 Å². The van der Waals surface area contributed by atoms with Gasteiger partial charge in [0, 0.05) is 42.8 Å². The molecule has 1 aliphatic heterocycles. The predicted molar refractivity (Wildman–Crippen MR) is 109 cm³/mol. The number of aromatic amines is 1. The molecule has 0 saturated carbocycles. The van der Waals surface area contributed by atoms with Crippen molar-refractivity contribution < 1.29 is 0 Å². The van der Waals surface area contributed by atoms with Crippen molar-refractivity contribution in [3.63, 3.8) is 0 Å². The summed E-state index contributed by atoms with van der Waals surface area (Å²) in [5, 5.41) is 1.92. The lowest BCUT2D eigenvalue weighted by Gasteiger charge is -2.34. The van der Waals surface area contributed by atoms with E-state index in [0.717, 1.165) is 37.7 Å². The lowest BCUT2D eigenvalue weighted by Crippen LogP contribution is -2.45. The van der Waals surface area contributed by atoms with Gasteiger partial charge in [0.1, 0.15) is 5.82 Å². The van der Waals surface area contributed by atoms with Crippen molar-refractivity contribution >= 4 is 34.1 Å². The van der Waals surface area contributed by atoms with Crippen molar-refractivity contribution in [2.24, 2.45) is 0 Å². The Kier molecular flexibility index (Phi) is 5.45. The molecular weight excluding hydrogens is 383 g/mol. The Labute approximate surface area is 167 Å². The second kappa shape index (κ2) is 7.98. The zero-order valence-electron chi connectivity index (χ0n) is 14.8. The zero-order valence-corrected chi connectivity index (χ0v) is 16.3. The van der Waals surface area contributed by atoms with Crippen molar-refractivity contribution in [3.8, 4) is 0 Å². The average molecular weight is 403 g/mol. The fraction of sp³-hybridized carbons (Fsp3) is 0.300. The Morgan fingerprint density at radius 1 is 0.889 bits per heavy atom. The van der Waals surface area contributed by atoms with Gasteiger partial charge in [0.2, 0.25) is 0 Å². The first-order valence-corrected chi connectivity index (χ1v) is 9.70. The van der Waals surface area contributed by atoms with Gasteiger partial charge < -0.3 is 4.98 Å². The first kappa shape index (κ1) is 18.4. The molecule has 0 aliphatic carbocycles. The number of benzene rings is 2. The van der Waals surface area contributed by atoms with Crippen LogP contribution in [-0.4, -0.2) is 45.9 Å². The number of hydrogen-bond acceptors (Lipinski definition) is 4. The molecule has 1 saturated heterocycles. The molecule has 5 nitrogen and oxygen atoms in total. The Hall–Kier alpha value is -1.92. The van der Waals surface area contributed by atoms with E-state index >= 15 is 0 Å². The molecule has 0 amide bonds. The normalized spacial score (nSPS) is 16.1. The number of piperazine rings is 1. The van der Waals surface area contributed by atoms with Gasteiger partial charge in [0.15, 0.2) is 0 Å². The van der Waals surface area contributed by atoms with E-state index in [-0.39, 0.29) is 5.56 Å². The van der Waals surface area contributed by atoms with Crippen LogP contribution >= 0.6 is 23.2 Å². The fourth-order valence-electron chi connectivity index (χ4n) is 3.40. The quantitative estimate of drug-likeness (QED) is 0.724. The van der Waals surface area contributed by atoms with Crippen LogP contribution in [0.4, 0.5) is 0 Å². The molecule has 1 aromatic heterocycles. The Morgan fingerprint density at radius 2 is 1.52 bits per heavy atom. The molecule has 7 heteroatoms. The molecule has 0 spiro atoms. The second-order valence-corrected chi connectivity index (χ2v) is 7.73. The summed E-state index contributed by atoms with van der Waals surface area (Å²) in [6, 6.07) is 13.2. The van der Waals surface area contributed by atoms with Crippen LogP contribution in [0.3, 0.4) is 0 Å².